The zero-order chi connectivity index (χ0) is 25.3. The molecule has 0 saturated carbocycles. The lowest BCUT2D eigenvalue weighted by Gasteiger charge is -2.21. The number of amides is 1. The van der Waals surface area contributed by atoms with E-state index in [9.17, 15) is 27.2 Å². The van der Waals surface area contributed by atoms with E-state index in [4.69, 9.17) is 0 Å². The minimum atomic E-state index is -4.85. The van der Waals surface area contributed by atoms with Crippen LogP contribution in [0.1, 0.15) is 50.5 Å². The quantitative estimate of drug-likeness (QED) is 0.411. The predicted molar refractivity (Wildman–Crippen MR) is 118 cm³/mol. The highest BCUT2D eigenvalue weighted by molar-refractivity contribution is 6.01. The molecular formula is C24H22F4N4O3. The molecule has 1 N–H and O–H groups in total. The average molecular weight is 490 g/mol. The summed E-state index contributed by atoms with van der Waals surface area (Å²) in [6.45, 7) is 2.21. The van der Waals surface area contributed by atoms with Crippen molar-refractivity contribution < 1.29 is 31.9 Å². The lowest BCUT2D eigenvalue weighted by Crippen LogP contribution is -2.31. The number of anilines is 1. The number of fused-ring (bicyclic) bond motifs is 1. The number of nitrogens with one attached hydrogen (secondary N) is 1. The maximum absolute atomic E-state index is 13.8. The Bertz CT molecular complexity index is 1250. The van der Waals surface area contributed by atoms with Crippen LogP contribution in [0.5, 0.6) is 0 Å². The molecule has 0 bridgehead atoms. The Morgan fingerprint density at radius 2 is 1.86 bits per heavy atom. The van der Waals surface area contributed by atoms with Gasteiger partial charge in [0.05, 0.1) is 25.3 Å². The Morgan fingerprint density at radius 1 is 1.14 bits per heavy atom. The van der Waals surface area contributed by atoms with E-state index < -0.39 is 41.2 Å². The molecule has 0 saturated heterocycles. The Morgan fingerprint density at radius 3 is 2.49 bits per heavy atom. The summed E-state index contributed by atoms with van der Waals surface area (Å²) in [5, 5.41) is 6.28. The van der Waals surface area contributed by atoms with E-state index >= 15 is 0 Å². The van der Waals surface area contributed by atoms with Crippen molar-refractivity contribution in [1.29, 1.82) is 0 Å². The molecular weight excluding hydrogens is 468 g/mol. The Balaban J connectivity index is 1.63. The van der Waals surface area contributed by atoms with E-state index in [0.717, 1.165) is 4.68 Å². The fourth-order valence-corrected chi connectivity index (χ4v) is 4.05. The summed E-state index contributed by atoms with van der Waals surface area (Å²) >= 11 is 0. The summed E-state index contributed by atoms with van der Waals surface area (Å²) in [7, 11) is 1.25. The number of aromatic nitrogens is 2. The number of carbonyl (C=O) groups excluding carboxylic acids is 2. The number of halogens is 4. The van der Waals surface area contributed by atoms with Crippen LogP contribution in [-0.2, 0) is 24.0 Å². The largest absolute Gasteiger partial charge is 0.465 e. The second-order valence-corrected chi connectivity index (χ2v) is 8.13. The highest BCUT2D eigenvalue weighted by atomic mass is 19.4. The molecule has 0 aliphatic carbocycles. The van der Waals surface area contributed by atoms with Gasteiger partial charge in [-0.25, -0.2) is 13.9 Å². The summed E-state index contributed by atoms with van der Waals surface area (Å²) in [4.78, 5) is 26.4. The Labute approximate surface area is 198 Å². The molecule has 184 valence electrons. The first-order chi connectivity index (χ1) is 16.6. The lowest BCUT2D eigenvalue weighted by atomic mass is 10.1. The van der Waals surface area contributed by atoms with Gasteiger partial charge in [-0.05, 0) is 42.3 Å². The number of esters is 1. The molecule has 35 heavy (non-hydrogen) atoms. The molecule has 1 amide bonds. The van der Waals surface area contributed by atoms with Crippen molar-refractivity contribution in [3.8, 4) is 0 Å². The average Bonchev–Trinajstić information content (AvgIpc) is 3.39. The predicted octanol–water partition coefficient (Wildman–Crippen LogP) is 4.34. The van der Waals surface area contributed by atoms with Crippen LogP contribution in [-0.4, -0.2) is 35.3 Å². The Kier molecular flexibility index (Phi) is 6.51. The van der Waals surface area contributed by atoms with Crippen LogP contribution in [0.15, 0.2) is 48.5 Å². The van der Waals surface area contributed by atoms with Crippen LogP contribution in [0.4, 0.5) is 23.4 Å². The van der Waals surface area contributed by atoms with Crippen molar-refractivity contribution in [2.45, 2.75) is 32.2 Å². The zero-order valence-electron chi connectivity index (χ0n) is 18.9. The highest BCUT2D eigenvalue weighted by Gasteiger charge is 2.44. The molecule has 0 fully saturated rings. The smallest absolute Gasteiger partial charge is 0.436 e. The molecule has 1 aromatic heterocycles. The van der Waals surface area contributed by atoms with Crippen LogP contribution < -0.4 is 10.2 Å². The molecule has 7 nitrogen and oxygen atoms in total. The van der Waals surface area contributed by atoms with Crippen LogP contribution in [0, 0.1) is 5.82 Å². The summed E-state index contributed by atoms with van der Waals surface area (Å²) in [5.74, 6) is -1.89. The first-order valence-electron chi connectivity index (χ1n) is 10.7. The molecule has 0 unspecified atom stereocenters. The second-order valence-electron chi connectivity index (χ2n) is 8.13. The first-order valence-corrected chi connectivity index (χ1v) is 10.7. The molecule has 4 rings (SSSR count). The molecule has 3 aromatic rings. The molecule has 1 atom stereocenters. The third kappa shape index (κ3) is 4.98. The van der Waals surface area contributed by atoms with Crippen LogP contribution in [0.3, 0.4) is 0 Å². The van der Waals surface area contributed by atoms with Gasteiger partial charge in [-0.15, -0.1) is 0 Å². The number of benzene rings is 2. The van der Waals surface area contributed by atoms with Crippen molar-refractivity contribution >= 4 is 17.7 Å². The van der Waals surface area contributed by atoms with E-state index in [1.165, 1.54) is 37.4 Å². The standard InChI is InChI=1S/C24H22F4N4O3/c1-14(16-6-8-17(9-7-16)23(34)35-2)29-21(33)19-20(24(26,27)28)30-32-11-10-31(22(19)32)13-15-4-3-5-18(25)12-15/h3-9,12,14H,10-11,13H2,1-2H3,(H,29,33)/t14-/m0/s1. The number of carbonyl (C=O) groups is 2. The van der Waals surface area contributed by atoms with Crippen molar-refractivity contribution in [3.63, 3.8) is 0 Å². The lowest BCUT2D eigenvalue weighted by molar-refractivity contribution is -0.141. The fraction of sp³-hybridized carbons (Fsp3) is 0.292. The number of nitrogens with zero attached hydrogens (tertiary/aromatic N) is 3. The third-order valence-electron chi connectivity index (χ3n) is 5.74. The van der Waals surface area contributed by atoms with Crippen molar-refractivity contribution in [2.24, 2.45) is 0 Å². The van der Waals surface area contributed by atoms with Gasteiger partial charge in [-0.3, -0.25) is 4.79 Å². The van der Waals surface area contributed by atoms with Gasteiger partial charge in [0.2, 0.25) is 0 Å². The van der Waals surface area contributed by atoms with Gasteiger partial charge in [0.25, 0.3) is 5.91 Å². The summed E-state index contributed by atoms with van der Waals surface area (Å²) in [6, 6.07) is 11.3. The van der Waals surface area contributed by atoms with Gasteiger partial charge in [0.1, 0.15) is 17.2 Å². The van der Waals surface area contributed by atoms with E-state index in [1.54, 1.807) is 30.0 Å². The van der Waals surface area contributed by atoms with E-state index in [0.29, 0.717) is 23.2 Å². The van der Waals surface area contributed by atoms with Gasteiger partial charge in [-0.1, -0.05) is 24.3 Å². The SMILES string of the molecule is COC(=O)c1ccc([C@H](C)NC(=O)c2c(C(F)(F)F)nn3c2N(Cc2cccc(F)c2)CC3)cc1. The van der Waals surface area contributed by atoms with E-state index in [2.05, 4.69) is 15.2 Å². The maximum Gasteiger partial charge on any atom is 0.436 e. The fourth-order valence-electron chi connectivity index (χ4n) is 4.05. The highest BCUT2D eigenvalue weighted by Crippen LogP contribution is 2.38. The van der Waals surface area contributed by atoms with Crippen molar-refractivity contribution in [1.82, 2.24) is 15.1 Å². The van der Waals surface area contributed by atoms with Crippen molar-refractivity contribution in [2.75, 3.05) is 18.6 Å². The summed E-state index contributed by atoms with van der Waals surface area (Å²) in [5.41, 5.74) is -0.415. The zero-order valence-corrected chi connectivity index (χ0v) is 18.9. The topological polar surface area (TPSA) is 76.5 Å². The third-order valence-corrected chi connectivity index (χ3v) is 5.74. The molecule has 11 heteroatoms. The number of hydrogen-bond donors (Lipinski definition) is 1. The molecule has 1 aliphatic rings. The minimum absolute atomic E-state index is 0.0346. The van der Waals surface area contributed by atoms with E-state index in [-0.39, 0.29) is 18.9 Å². The summed E-state index contributed by atoms with van der Waals surface area (Å²) in [6.07, 6.45) is -4.85. The second kappa shape index (κ2) is 9.40. The molecule has 0 spiro atoms. The van der Waals surface area contributed by atoms with Gasteiger partial charge in [0.15, 0.2) is 5.69 Å². The van der Waals surface area contributed by atoms with Gasteiger partial charge in [-0.2, -0.15) is 18.3 Å². The van der Waals surface area contributed by atoms with Crippen molar-refractivity contribution in [3.05, 3.63) is 82.3 Å². The van der Waals surface area contributed by atoms with Gasteiger partial charge < -0.3 is 15.0 Å². The number of ether oxygens (including phenoxy) is 1. The Hall–Kier alpha value is -3.89. The molecule has 1 aliphatic heterocycles. The van der Waals surface area contributed by atoms with Crippen LogP contribution in [0.25, 0.3) is 0 Å². The van der Waals surface area contributed by atoms with Gasteiger partial charge in [0, 0.05) is 13.1 Å². The van der Waals surface area contributed by atoms with Gasteiger partial charge >= 0.3 is 12.1 Å². The monoisotopic (exact) mass is 490 g/mol. The normalized spacial score (nSPS) is 13.9. The number of alkyl halides is 3. The van der Waals surface area contributed by atoms with Crippen LogP contribution in [0.2, 0.25) is 0 Å². The molecule has 2 aromatic carbocycles. The van der Waals surface area contributed by atoms with E-state index in [1.807, 2.05) is 0 Å². The summed E-state index contributed by atoms with van der Waals surface area (Å²) < 4.78 is 60.9. The maximum atomic E-state index is 13.8. The number of rotatable bonds is 6. The molecule has 0 radical (unpaired) electrons. The first kappa shape index (κ1) is 24.2. The molecule has 2 heterocycles. The van der Waals surface area contributed by atoms with Crippen LogP contribution >= 0.6 is 0 Å². The number of methoxy groups -OCH3 is 1. The number of hydrogen-bond acceptors (Lipinski definition) is 5. The minimum Gasteiger partial charge on any atom is -0.465 e.